The maximum absolute atomic E-state index is 11.9. The summed E-state index contributed by atoms with van der Waals surface area (Å²) in [6.45, 7) is 0. The smallest absolute Gasteiger partial charge is 0.220 e. The minimum absolute atomic E-state index is 0.0375. The first-order valence-electron chi connectivity index (χ1n) is 7.43. The summed E-state index contributed by atoms with van der Waals surface area (Å²) in [7, 11) is 0. The van der Waals surface area contributed by atoms with Crippen molar-refractivity contribution >= 4 is 5.91 Å². The number of nitrogens with two attached hydrogens (primary N) is 1. The lowest BCUT2D eigenvalue weighted by Gasteiger charge is -2.26. The average molecular weight is 276 g/mol. The Morgan fingerprint density at radius 2 is 2.10 bits per heavy atom. The summed E-state index contributed by atoms with van der Waals surface area (Å²) < 4.78 is 0. The highest BCUT2D eigenvalue weighted by Gasteiger charge is 2.21. The Morgan fingerprint density at radius 1 is 1.35 bits per heavy atom. The van der Waals surface area contributed by atoms with Crippen LogP contribution in [0.2, 0.25) is 0 Å². The largest absolute Gasteiger partial charge is 0.393 e. The van der Waals surface area contributed by atoms with Gasteiger partial charge in [-0.05, 0) is 37.7 Å². The number of carbonyl (C=O) groups is 1. The van der Waals surface area contributed by atoms with Gasteiger partial charge in [0.1, 0.15) is 0 Å². The van der Waals surface area contributed by atoms with Crippen LogP contribution in [0.1, 0.15) is 50.1 Å². The summed E-state index contributed by atoms with van der Waals surface area (Å²) in [5, 5.41) is 12.6. The average Bonchev–Trinajstić information content (AvgIpc) is 2.46. The summed E-state index contributed by atoms with van der Waals surface area (Å²) >= 11 is 0. The molecular formula is C16H24N2O2. The molecule has 1 fully saturated rings. The second kappa shape index (κ2) is 7.41. The molecule has 0 spiro atoms. The van der Waals surface area contributed by atoms with E-state index >= 15 is 0 Å². The van der Waals surface area contributed by atoms with E-state index in [0.717, 1.165) is 24.8 Å². The standard InChI is InChI=1S/C16H24N2O2/c17-15(12-5-2-1-3-6-12)9-10-16(20)18-13-7-4-8-14(19)11-13/h1-3,5-6,13-15,19H,4,7-11,17H2,(H,18,20). The lowest BCUT2D eigenvalue weighted by Crippen LogP contribution is -2.39. The molecule has 4 nitrogen and oxygen atoms in total. The van der Waals surface area contributed by atoms with E-state index in [1.165, 1.54) is 0 Å². The highest BCUT2D eigenvalue weighted by atomic mass is 16.3. The third-order valence-electron chi connectivity index (χ3n) is 3.92. The van der Waals surface area contributed by atoms with E-state index in [9.17, 15) is 9.90 Å². The monoisotopic (exact) mass is 276 g/mol. The van der Waals surface area contributed by atoms with E-state index in [2.05, 4.69) is 5.32 Å². The molecule has 1 aliphatic rings. The van der Waals surface area contributed by atoms with Gasteiger partial charge in [0.05, 0.1) is 6.10 Å². The zero-order valence-corrected chi connectivity index (χ0v) is 11.8. The highest BCUT2D eigenvalue weighted by molar-refractivity contribution is 5.76. The number of carbonyl (C=O) groups excluding carboxylic acids is 1. The molecule has 2 rings (SSSR count). The van der Waals surface area contributed by atoms with Crippen LogP contribution in [0.5, 0.6) is 0 Å². The molecule has 0 aromatic heterocycles. The molecule has 0 bridgehead atoms. The molecule has 4 heteroatoms. The van der Waals surface area contributed by atoms with E-state index < -0.39 is 0 Å². The molecule has 20 heavy (non-hydrogen) atoms. The molecule has 3 unspecified atom stereocenters. The van der Waals surface area contributed by atoms with E-state index in [1.807, 2.05) is 30.3 Å². The van der Waals surface area contributed by atoms with E-state index in [0.29, 0.717) is 19.3 Å². The van der Waals surface area contributed by atoms with Crippen LogP contribution in [0.4, 0.5) is 0 Å². The molecule has 4 N–H and O–H groups in total. The van der Waals surface area contributed by atoms with Gasteiger partial charge in [-0.25, -0.2) is 0 Å². The fourth-order valence-electron chi connectivity index (χ4n) is 2.75. The van der Waals surface area contributed by atoms with Crippen molar-refractivity contribution in [1.29, 1.82) is 0 Å². The van der Waals surface area contributed by atoms with Crippen molar-refractivity contribution < 1.29 is 9.90 Å². The highest BCUT2D eigenvalue weighted by Crippen LogP contribution is 2.19. The zero-order chi connectivity index (χ0) is 14.4. The number of nitrogens with one attached hydrogen (secondary N) is 1. The molecule has 1 aromatic carbocycles. The molecule has 0 radical (unpaired) electrons. The summed E-state index contributed by atoms with van der Waals surface area (Å²) in [5.74, 6) is 0.0375. The second-order valence-corrected chi connectivity index (χ2v) is 5.64. The van der Waals surface area contributed by atoms with E-state index in [1.54, 1.807) is 0 Å². The maximum Gasteiger partial charge on any atom is 0.220 e. The molecule has 1 saturated carbocycles. The van der Waals surface area contributed by atoms with Crippen molar-refractivity contribution in [3.05, 3.63) is 35.9 Å². The van der Waals surface area contributed by atoms with Gasteiger partial charge in [-0.15, -0.1) is 0 Å². The molecule has 1 aliphatic carbocycles. The summed E-state index contributed by atoms with van der Waals surface area (Å²) in [6, 6.07) is 9.87. The van der Waals surface area contributed by atoms with Crippen LogP contribution in [0.15, 0.2) is 30.3 Å². The van der Waals surface area contributed by atoms with Crippen molar-refractivity contribution in [2.75, 3.05) is 0 Å². The number of hydrogen-bond donors (Lipinski definition) is 3. The van der Waals surface area contributed by atoms with Gasteiger partial charge < -0.3 is 16.2 Å². The van der Waals surface area contributed by atoms with Gasteiger partial charge in [-0.1, -0.05) is 30.3 Å². The molecule has 1 amide bonds. The summed E-state index contributed by atoms with van der Waals surface area (Å²) in [4.78, 5) is 11.9. The number of rotatable bonds is 5. The SMILES string of the molecule is NC(CCC(=O)NC1CCCC(O)C1)c1ccccc1. The second-order valence-electron chi connectivity index (χ2n) is 5.64. The zero-order valence-electron chi connectivity index (χ0n) is 11.8. The Bertz CT molecular complexity index is 422. The normalized spacial score (nSPS) is 24.1. The fraction of sp³-hybridized carbons (Fsp3) is 0.562. The fourth-order valence-corrected chi connectivity index (χ4v) is 2.75. The predicted octanol–water partition coefficient (Wildman–Crippen LogP) is 1.89. The van der Waals surface area contributed by atoms with Crippen LogP contribution in [0.25, 0.3) is 0 Å². The number of amides is 1. The first kappa shape index (κ1) is 15.0. The Kier molecular flexibility index (Phi) is 5.56. The molecule has 110 valence electrons. The molecule has 0 aliphatic heterocycles. The molecular weight excluding hydrogens is 252 g/mol. The van der Waals surface area contributed by atoms with Crippen LogP contribution in [-0.2, 0) is 4.79 Å². The first-order chi connectivity index (χ1) is 9.65. The molecule has 0 saturated heterocycles. The summed E-state index contributed by atoms with van der Waals surface area (Å²) in [6.07, 6.45) is 4.29. The van der Waals surface area contributed by atoms with Gasteiger partial charge in [0.15, 0.2) is 0 Å². The van der Waals surface area contributed by atoms with Crippen LogP contribution in [0, 0.1) is 0 Å². The number of aliphatic hydroxyl groups is 1. The van der Waals surface area contributed by atoms with E-state index in [-0.39, 0.29) is 24.1 Å². The van der Waals surface area contributed by atoms with Gasteiger partial charge >= 0.3 is 0 Å². The number of benzene rings is 1. The molecule has 3 atom stereocenters. The van der Waals surface area contributed by atoms with Crippen LogP contribution < -0.4 is 11.1 Å². The van der Waals surface area contributed by atoms with Crippen molar-refractivity contribution in [2.24, 2.45) is 5.73 Å². The van der Waals surface area contributed by atoms with E-state index in [4.69, 9.17) is 5.73 Å². The first-order valence-corrected chi connectivity index (χ1v) is 7.43. The lowest BCUT2D eigenvalue weighted by molar-refractivity contribution is -0.122. The van der Waals surface area contributed by atoms with Crippen molar-refractivity contribution in [2.45, 2.75) is 56.7 Å². The maximum atomic E-state index is 11.9. The molecule has 0 heterocycles. The summed E-state index contributed by atoms with van der Waals surface area (Å²) in [5.41, 5.74) is 7.14. The van der Waals surface area contributed by atoms with Gasteiger partial charge in [0, 0.05) is 18.5 Å². The quantitative estimate of drug-likeness (QED) is 0.768. The Hall–Kier alpha value is -1.39. The molecule has 1 aromatic rings. The lowest BCUT2D eigenvalue weighted by atomic mass is 9.93. The minimum Gasteiger partial charge on any atom is -0.393 e. The Morgan fingerprint density at radius 3 is 2.80 bits per heavy atom. The number of aliphatic hydroxyl groups excluding tert-OH is 1. The van der Waals surface area contributed by atoms with Crippen LogP contribution in [-0.4, -0.2) is 23.2 Å². The van der Waals surface area contributed by atoms with Crippen LogP contribution >= 0.6 is 0 Å². The Labute approximate surface area is 120 Å². The topological polar surface area (TPSA) is 75.4 Å². The van der Waals surface area contributed by atoms with Gasteiger partial charge in [-0.3, -0.25) is 4.79 Å². The number of hydrogen-bond acceptors (Lipinski definition) is 3. The van der Waals surface area contributed by atoms with Crippen molar-refractivity contribution in [1.82, 2.24) is 5.32 Å². The van der Waals surface area contributed by atoms with Gasteiger partial charge in [0.25, 0.3) is 0 Å². The van der Waals surface area contributed by atoms with Crippen molar-refractivity contribution in [3.63, 3.8) is 0 Å². The van der Waals surface area contributed by atoms with Gasteiger partial charge in [0.2, 0.25) is 5.91 Å². The predicted molar refractivity (Wildman–Crippen MR) is 79.0 cm³/mol. The third-order valence-corrected chi connectivity index (χ3v) is 3.92. The minimum atomic E-state index is -0.263. The van der Waals surface area contributed by atoms with Gasteiger partial charge in [-0.2, -0.15) is 0 Å². The Balaban J connectivity index is 1.72. The van der Waals surface area contributed by atoms with Crippen molar-refractivity contribution in [3.8, 4) is 0 Å². The third kappa shape index (κ3) is 4.62. The van der Waals surface area contributed by atoms with Crippen LogP contribution in [0.3, 0.4) is 0 Å².